The van der Waals surface area contributed by atoms with Crippen molar-refractivity contribution in [3.8, 4) is 11.3 Å². The fourth-order valence-corrected chi connectivity index (χ4v) is 1.91. The van der Waals surface area contributed by atoms with E-state index >= 15 is 0 Å². The molecule has 0 aliphatic carbocycles. The monoisotopic (exact) mass is 252 g/mol. The molecule has 2 rings (SSSR count). The molecule has 0 N–H and O–H groups in total. The largest absolute Gasteiger partial charge is 0.212 e. The van der Waals surface area contributed by atoms with E-state index in [1.54, 1.807) is 0 Å². The molecule has 1 nitrogen and oxygen atoms in total. The standard InChI is InChI=1S/C17H22N/c1-11-7-8-16(15(5)14(11)4)17-9-12(2)13(3)10-18(17)6/h7-10H,1-6H3/q+1/i1D3,2D3,3D3,4D3. The third kappa shape index (κ3) is 2.05. The van der Waals surface area contributed by atoms with Gasteiger partial charge in [0.15, 0.2) is 6.20 Å². The Hall–Kier alpha value is -1.63. The van der Waals surface area contributed by atoms with Gasteiger partial charge in [-0.15, -0.1) is 0 Å². The Bertz CT molecular complexity index is 949. The Kier molecular flexibility index (Phi) is 1.14. The Morgan fingerprint density at radius 3 is 2.39 bits per heavy atom. The van der Waals surface area contributed by atoms with Gasteiger partial charge in [0, 0.05) is 33.6 Å². The molecule has 0 bridgehead atoms. The van der Waals surface area contributed by atoms with E-state index in [1.165, 1.54) is 42.9 Å². The minimum absolute atomic E-state index is 0.164. The summed E-state index contributed by atoms with van der Waals surface area (Å²) in [7, 11) is 1.51. The highest BCUT2D eigenvalue weighted by molar-refractivity contribution is 5.64. The number of benzene rings is 1. The lowest BCUT2D eigenvalue weighted by Crippen LogP contribution is -2.31. The van der Waals surface area contributed by atoms with Gasteiger partial charge in [-0.25, -0.2) is 4.57 Å². The van der Waals surface area contributed by atoms with Crippen LogP contribution in [0, 0.1) is 34.3 Å². The third-order valence-electron chi connectivity index (χ3n) is 3.01. The quantitative estimate of drug-likeness (QED) is 0.681. The number of aromatic nitrogens is 1. The fourth-order valence-electron chi connectivity index (χ4n) is 1.91. The van der Waals surface area contributed by atoms with E-state index in [9.17, 15) is 0 Å². The first-order valence-electron chi connectivity index (χ1n) is 11.5. The highest BCUT2D eigenvalue weighted by Gasteiger charge is 2.15. The predicted octanol–water partition coefficient (Wildman–Crippen LogP) is 3.72. The molecule has 0 aliphatic rings. The highest BCUT2D eigenvalue weighted by Crippen LogP contribution is 2.26. The molecule has 0 fully saturated rings. The first kappa shape index (κ1) is 4.48. The zero-order valence-corrected chi connectivity index (χ0v) is 10.3. The van der Waals surface area contributed by atoms with Crippen molar-refractivity contribution >= 4 is 0 Å². The number of rotatable bonds is 1. The second-order valence-electron chi connectivity index (χ2n) is 4.26. The maximum absolute atomic E-state index is 7.82. The average Bonchev–Trinajstić information content (AvgIpc) is 2.50. The first-order valence-corrected chi connectivity index (χ1v) is 5.46. The van der Waals surface area contributed by atoms with Gasteiger partial charge in [-0.1, -0.05) is 6.07 Å². The Morgan fingerprint density at radius 2 is 1.72 bits per heavy atom. The molecule has 0 spiro atoms. The summed E-state index contributed by atoms with van der Waals surface area (Å²) in [5.41, 5.74) is -0.602. The van der Waals surface area contributed by atoms with Crippen LogP contribution >= 0.6 is 0 Å². The Morgan fingerprint density at radius 1 is 0.944 bits per heavy atom. The van der Waals surface area contributed by atoms with E-state index in [2.05, 4.69) is 0 Å². The summed E-state index contributed by atoms with van der Waals surface area (Å²) in [5.74, 6) is 0. The van der Waals surface area contributed by atoms with Crippen molar-refractivity contribution in [3.63, 3.8) is 0 Å². The van der Waals surface area contributed by atoms with E-state index in [0.29, 0.717) is 5.56 Å². The molecule has 0 saturated heterocycles. The van der Waals surface area contributed by atoms with Gasteiger partial charge in [-0.05, 0) is 62.7 Å². The van der Waals surface area contributed by atoms with Crippen molar-refractivity contribution in [2.24, 2.45) is 7.05 Å². The maximum atomic E-state index is 7.82. The number of hydrogen-bond donors (Lipinski definition) is 0. The SMILES string of the molecule is [2H]C([2H])([2H])c1cc(-c2ccc(C([2H])([2H])[2H])c(C([2H])([2H])[2H])c2C)[n+](C)cc1C([2H])([2H])[2H]. The van der Waals surface area contributed by atoms with Crippen molar-refractivity contribution in [1.82, 2.24) is 0 Å². The van der Waals surface area contributed by atoms with E-state index in [-0.39, 0.29) is 33.5 Å². The third-order valence-corrected chi connectivity index (χ3v) is 3.01. The number of aryl methyl sites for hydroxylation is 4. The van der Waals surface area contributed by atoms with Crippen LogP contribution in [0.4, 0.5) is 0 Å². The molecule has 1 aromatic carbocycles. The van der Waals surface area contributed by atoms with E-state index in [4.69, 9.17) is 16.4 Å². The molecule has 1 aromatic heterocycles. The lowest BCUT2D eigenvalue weighted by Gasteiger charge is -2.11. The van der Waals surface area contributed by atoms with Crippen LogP contribution in [0.25, 0.3) is 11.3 Å². The topological polar surface area (TPSA) is 3.88 Å². The van der Waals surface area contributed by atoms with Gasteiger partial charge in [0.05, 0.1) is 0 Å². The Labute approximate surface area is 127 Å². The number of nitrogens with zero attached hydrogens (tertiary/aromatic N) is 1. The summed E-state index contributed by atoms with van der Waals surface area (Å²) in [4.78, 5) is 0. The zero-order valence-electron chi connectivity index (χ0n) is 22.3. The number of pyridine rings is 1. The van der Waals surface area contributed by atoms with Crippen molar-refractivity contribution < 1.29 is 21.0 Å². The normalized spacial score (nSPS) is 23.4. The van der Waals surface area contributed by atoms with Crippen LogP contribution in [-0.4, -0.2) is 0 Å². The Balaban J connectivity index is 2.92. The van der Waals surface area contributed by atoms with Crippen LogP contribution in [-0.2, 0) is 7.05 Å². The zero-order chi connectivity index (χ0) is 23.4. The van der Waals surface area contributed by atoms with Crippen LogP contribution in [0.5, 0.6) is 0 Å². The summed E-state index contributed by atoms with van der Waals surface area (Å²) in [6.45, 7) is -9.28. The van der Waals surface area contributed by atoms with Gasteiger partial charge in [0.2, 0.25) is 5.69 Å². The molecule has 1 heteroatoms. The summed E-state index contributed by atoms with van der Waals surface area (Å²) in [5, 5.41) is 0. The summed E-state index contributed by atoms with van der Waals surface area (Å²) in [6.07, 6.45) is 1.19. The number of hydrogen-bond acceptors (Lipinski definition) is 0. The summed E-state index contributed by atoms with van der Waals surface area (Å²) < 4.78 is 94.0. The van der Waals surface area contributed by atoms with E-state index in [1.807, 2.05) is 0 Å². The van der Waals surface area contributed by atoms with Gasteiger partial charge in [0.25, 0.3) is 0 Å². The molecule has 2 aromatic rings. The molecular weight excluding hydrogens is 218 g/mol. The second kappa shape index (κ2) is 4.56. The van der Waals surface area contributed by atoms with Crippen molar-refractivity contribution in [2.75, 3.05) is 0 Å². The molecule has 0 aliphatic heterocycles. The van der Waals surface area contributed by atoms with Crippen LogP contribution in [0.3, 0.4) is 0 Å². The molecule has 0 unspecified atom stereocenters. The van der Waals surface area contributed by atoms with Gasteiger partial charge in [-0.3, -0.25) is 0 Å². The van der Waals surface area contributed by atoms with Crippen LogP contribution in [0.2, 0.25) is 0 Å². The van der Waals surface area contributed by atoms with E-state index < -0.39 is 27.4 Å². The van der Waals surface area contributed by atoms with Crippen LogP contribution < -0.4 is 4.57 Å². The average molecular weight is 252 g/mol. The van der Waals surface area contributed by atoms with Gasteiger partial charge < -0.3 is 0 Å². The van der Waals surface area contributed by atoms with Gasteiger partial charge in [0.1, 0.15) is 7.05 Å². The second-order valence-corrected chi connectivity index (χ2v) is 4.26. The lowest BCUT2D eigenvalue weighted by molar-refractivity contribution is -0.660. The summed E-state index contributed by atoms with van der Waals surface area (Å²) >= 11 is 0. The lowest BCUT2D eigenvalue weighted by atomic mass is 9.95. The fraction of sp³-hybridized carbons (Fsp3) is 0.353. The maximum Gasteiger partial charge on any atom is 0.212 e. The van der Waals surface area contributed by atoms with Gasteiger partial charge in [-0.2, -0.15) is 0 Å². The molecule has 0 saturated carbocycles. The van der Waals surface area contributed by atoms with Crippen LogP contribution in [0.1, 0.15) is 44.3 Å². The summed E-state index contributed by atoms with van der Waals surface area (Å²) in [6, 6.07) is 3.82. The minimum atomic E-state index is -2.72. The van der Waals surface area contributed by atoms with Crippen molar-refractivity contribution in [3.05, 3.63) is 52.2 Å². The smallest absolute Gasteiger partial charge is 0.201 e. The van der Waals surface area contributed by atoms with Crippen molar-refractivity contribution in [1.29, 1.82) is 0 Å². The van der Waals surface area contributed by atoms with Gasteiger partial charge >= 0.3 is 0 Å². The molecule has 18 heavy (non-hydrogen) atoms. The molecule has 1 heterocycles. The first-order chi connectivity index (χ1) is 13.3. The van der Waals surface area contributed by atoms with Crippen molar-refractivity contribution in [2.45, 2.75) is 34.3 Å². The molecular formula is C17H22N+. The molecule has 0 atom stereocenters. The molecule has 0 radical (unpaired) electrons. The van der Waals surface area contributed by atoms with E-state index in [0.717, 1.165) is 0 Å². The predicted molar refractivity (Wildman–Crippen MR) is 76.7 cm³/mol. The molecule has 94 valence electrons. The minimum Gasteiger partial charge on any atom is -0.201 e. The highest BCUT2D eigenvalue weighted by atomic mass is 14.9. The molecule has 0 amide bonds. The van der Waals surface area contributed by atoms with Crippen LogP contribution in [0.15, 0.2) is 24.4 Å².